The average Bonchev–Trinajstić information content (AvgIpc) is 3.12. The largest absolute Gasteiger partial charge is 0.328 e. The molecule has 1 atom stereocenters. The summed E-state index contributed by atoms with van der Waals surface area (Å²) in [5, 5.41) is 11.2. The highest BCUT2D eigenvalue weighted by molar-refractivity contribution is 8.02. The molecule has 1 heterocycles. The fourth-order valence-electron chi connectivity index (χ4n) is 2.48. The standard InChI is InChI=1S/C19H19FN4OS2/c1-3-24(14-9-5-4-6-10-14)17(25)13(2)26-19-23-22-18(27-19)21-16-12-8-7-11-15(16)20/h4-13H,3H2,1-2H3,(H,21,22). The molecule has 0 saturated heterocycles. The zero-order valence-electron chi connectivity index (χ0n) is 14.9. The van der Waals surface area contributed by atoms with Crippen LogP contribution in [0.3, 0.4) is 0 Å². The Kier molecular flexibility index (Phi) is 6.41. The van der Waals surface area contributed by atoms with Gasteiger partial charge in [0.15, 0.2) is 4.34 Å². The second kappa shape index (κ2) is 8.96. The zero-order valence-corrected chi connectivity index (χ0v) is 16.6. The number of halogens is 1. The number of para-hydroxylation sites is 2. The van der Waals surface area contributed by atoms with Crippen molar-refractivity contribution < 1.29 is 9.18 Å². The fraction of sp³-hybridized carbons (Fsp3) is 0.211. The van der Waals surface area contributed by atoms with Gasteiger partial charge in [-0.15, -0.1) is 10.2 Å². The van der Waals surface area contributed by atoms with Gasteiger partial charge in [0.2, 0.25) is 11.0 Å². The van der Waals surface area contributed by atoms with E-state index in [4.69, 9.17) is 0 Å². The molecule has 8 heteroatoms. The van der Waals surface area contributed by atoms with Crippen molar-refractivity contribution >= 4 is 45.5 Å². The number of benzene rings is 2. The predicted octanol–water partition coefficient (Wildman–Crippen LogP) is 4.95. The summed E-state index contributed by atoms with van der Waals surface area (Å²) in [6, 6.07) is 16.0. The molecule has 0 aliphatic heterocycles. The third-order valence-electron chi connectivity index (χ3n) is 3.80. The molecule has 1 N–H and O–H groups in total. The number of aromatic nitrogens is 2. The maximum Gasteiger partial charge on any atom is 0.240 e. The number of hydrogen-bond acceptors (Lipinski definition) is 6. The van der Waals surface area contributed by atoms with E-state index in [0.29, 0.717) is 21.7 Å². The van der Waals surface area contributed by atoms with Crippen LogP contribution in [0.15, 0.2) is 58.9 Å². The lowest BCUT2D eigenvalue weighted by molar-refractivity contribution is -0.117. The molecule has 0 spiro atoms. The minimum absolute atomic E-state index is 0.00696. The second-order valence-corrected chi connectivity index (χ2v) is 8.22. The highest BCUT2D eigenvalue weighted by atomic mass is 32.2. The maximum absolute atomic E-state index is 13.7. The van der Waals surface area contributed by atoms with Crippen LogP contribution in [0.1, 0.15) is 13.8 Å². The van der Waals surface area contributed by atoms with Crippen molar-refractivity contribution in [2.24, 2.45) is 0 Å². The number of carbonyl (C=O) groups excluding carboxylic acids is 1. The first-order valence-corrected chi connectivity index (χ1v) is 10.2. The van der Waals surface area contributed by atoms with Crippen LogP contribution >= 0.6 is 23.1 Å². The van der Waals surface area contributed by atoms with Gasteiger partial charge in [0.25, 0.3) is 0 Å². The minimum atomic E-state index is -0.355. The Morgan fingerprint density at radius 2 is 1.89 bits per heavy atom. The molecule has 5 nitrogen and oxygen atoms in total. The van der Waals surface area contributed by atoms with Gasteiger partial charge in [-0.05, 0) is 38.1 Å². The summed E-state index contributed by atoms with van der Waals surface area (Å²) in [5.41, 5.74) is 1.21. The Balaban J connectivity index is 1.66. The van der Waals surface area contributed by atoms with E-state index in [9.17, 15) is 9.18 Å². The Bertz CT molecular complexity index is 903. The lowest BCUT2D eigenvalue weighted by Crippen LogP contribution is -2.36. The maximum atomic E-state index is 13.7. The molecule has 0 fully saturated rings. The van der Waals surface area contributed by atoms with Crippen LogP contribution < -0.4 is 10.2 Å². The molecule has 0 radical (unpaired) electrons. The molecule has 0 bridgehead atoms. The zero-order chi connectivity index (χ0) is 19.2. The van der Waals surface area contributed by atoms with Crippen molar-refractivity contribution in [2.75, 3.05) is 16.8 Å². The summed E-state index contributed by atoms with van der Waals surface area (Å²) in [6.07, 6.45) is 0. The first-order chi connectivity index (χ1) is 13.1. The molecular weight excluding hydrogens is 383 g/mol. The Hall–Kier alpha value is -2.45. The van der Waals surface area contributed by atoms with Crippen LogP contribution in [-0.4, -0.2) is 27.9 Å². The molecule has 140 valence electrons. The second-order valence-electron chi connectivity index (χ2n) is 5.66. The van der Waals surface area contributed by atoms with E-state index in [1.807, 2.05) is 44.2 Å². The highest BCUT2D eigenvalue weighted by Crippen LogP contribution is 2.32. The molecule has 2 aromatic carbocycles. The molecule has 1 unspecified atom stereocenters. The van der Waals surface area contributed by atoms with Gasteiger partial charge in [-0.3, -0.25) is 4.79 Å². The molecule has 1 aromatic heterocycles. The topological polar surface area (TPSA) is 58.1 Å². The summed E-state index contributed by atoms with van der Waals surface area (Å²) in [7, 11) is 0. The van der Waals surface area contributed by atoms with Crippen molar-refractivity contribution in [3.05, 3.63) is 60.4 Å². The van der Waals surface area contributed by atoms with Crippen LogP contribution in [0.25, 0.3) is 0 Å². The number of rotatable bonds is 7. The Morgan fingerprint density at radius 1 is 1.19 bits per heavy atom. The molecule has 27 heavy (non-hydrogen) atoms. The van der Waals surface area contributed by atoms with Gasteiger partial charge >= 0.3 is 0 Å². The first-order valence-electron chi connectivity index (χ1n) is 8.46. The Labute approximate surface area is 165 Å². The summed E-state index contributed by atoms with van der Waals surface area (Å²) < 4.78 is 14.4. The van der Waals surface area contributed by atoms with Gasteiger partial charge in [0.05, 0.1) is 10.9 Å². The van der Waals surface area contributed by atoms with E-state index >= 15 is 0 Å². The molecule has 3 aromatic rings. The minimum Gasteiger partial charge on any atom is -0.328 e. The van der Waals surface area contributed by atoms with Gasteiger partial charge in [-0.2, -0.15) is 0 Å². The lowest BCUT2D eigenvalue weighted by atomic mass is 10.2. The lowest BCUT2D eigenvalue weighted by Gasteiger charge is -2.23. The summed E-state index contributed by atoms with van der Waals surface area (Å²) in [4.78, 5) is 14.6. The Morgan fingerprint density at radius 3 is 2.59 bits per heavy atom. The molecule has 0 aliphatic rings. The van der Waals surface area contributed by atoms with E-state index in [1.165, 1.54) is 29.2 Å². The van der Waals surface area contributed by atoms with E-state index in [2.05, 4.69) is 15.5 Å². The molecule has 1 amide bonds. The van der Waals surface area contributed by atoms with Gasteiger partial charge in [0.1, 0.15) is 5.82 Å². The third-order valence-corrected chi connectivity index (χ3v) is 5.81. The number of nitrogens with one attached hydrogen (secondary N) is 1. The van der Waals surface area contributed by atoms with Crippen molar-refractivity contribution in [1.82, 2.24) is 10.2 Å². The van der Waals surface area contributed by atoms with Crippen LogP contribution in [0, 0.1) is 5.82 Å². The van der Waals surface area contributed by atoms with E-state index < -0.39 is 0 Å². The summed E-state index contributed by atoms with van der Waals surface area (Å²) >= 11 is 2.64. The van der Waals surface area contributed by atoms with Gasteiger partial charge in [-0.25, -0.2) is 4.39 Å². The average molecular weight is 403 g/mol. The number of anilines is 3. The fourth-order valence-corrected chi connectivity index (χ4v) is 4.45. The van der Waals surface area contributed by atoms with Gasteiger partial charge in [0, 0.05) is 12.2 Å². The number of amides is 1. The predicted molar refractivity (Wildman–Crippen MR) is 109 cm³/mol. The first kappa shape index (κ1) is 19.3. The van der Waals surface area contributed by atoms with Gasteiger partial charge in [-0.1, -0.05) is 53.4 Å². The van der Waals surface area contributed by atoms with Crippen molar-refractivity contribution in [2.45, 2.75) is 23.4 Å². The number of thioether (sulfide) groups is 1. The summed E-state index contributed by atoms with van der Waals surface area (Å²) in [5.74, 6) is -0.348. The molecule has 0 aliphatic carbocycles. The van der Waals surface area contributed by atoms with Crippen LogP contribution in [0.2, 0.25) is 0 Å². The van der Waals surface area contributed by atoms with E-state index in [0.717, 1.165) is 5.69 Å². The molecule has 3 rings (SSSR count). The SMILES string of the molecule is CCN(C(=O)C(C)Sc1nnc(Nc2ccccc2F)s1)c1ccccc1. The smallest absolute Gasteiger partial charge is 0.240 e. The van der Waals surface area contributed by atoms with Crippen molar-refractivity contribution in [1.29, 1.82) is 0 Å². The highest BCUT2D eigenvalue weighted by Gasteiger charge is 2.23. The van der Waals surface area contributed by atoms with Crippen LogP contribution in [0.4, 0.5) is 20.9 Å². The van der Waals surface area contributed by atoms with Crippen LogP contribution in [-0.2, 0) is 4.79 Å². The van der Waals surface area contributed by atoms with Crippen molar-refractivity contribution in [3.8, 4) is 0 Å². The number of hydrogen-bond donors (Lipinski definition) is 1. The molecular formula is C19H19FN4OS2. The van der Waals surface area contributed by atoms with Crippen molar-refractivity contribution in [3.63, 3.8) is 0 Å². The van der Waals surface area contributed by atoms with Crippen LogP contribution in [0.5, 0.6) is 0 Å². The quantitative estimate of drug-likeness (QED) is 0.567. The molecule has 0 saturated carbocycles. The third kappa shape index (κ3) is 4.84. The number of nitrogens with zero attached hydrogens (tertiary/aromatic N) is 3. The number of carbonyl (C=O) groups is 1. The van der Waals surface area contributed by atoms with E-state index in [1.54, 1.807) is 23.1 Å². The van der Waals surface area contributed by atoms with Gasteiger partial charge < -0.3 is 10.2 Å². The van der Waals surface area contributed by atoms with E-state index in [-0.39, 0.29) is 17.0 Å². The monoisotopic (exact) mass is 402 g/mol. The normalized spacial score (nSPS) is 11.8. The summed E-state index contributed by atoms with van der Waals surface area (Å²) in [6.45, 7) is 4.39.